The Hall–Kier alpha value is -2.20. The number of hydrogen-bond donors (Lipinski definition) is 1. The van der Waals surface area contributed by atoms with Crippen molar-refractivity contribution in [2.24, 2.45) is 10.2 Å². The van der Waals surface area contributed by atoms with Crippen molar-refractivity contribution in [1.29, 1.82) is 0 Å². The molecule has 0 bridgehead atoms. The number of aromatic nitrogens is 2. The third-order valence-corrected chi connectivity index (χ3v) is 4.48. The maximum Gasteiger partial charge on any atom is 0.226 e. The molecular weight excluding hydrogens is 298 g/mol. The molecule has 3 heterocycles. The lowest BCUT2D eigenvalue weighted by atomic mass is 10.0. The van der Waals surface area contributed by atoms with E-state index in [-0.39, 0.29) is 11.6 Å². The highest BCUT2D eigenvalue weighted by Gasteiger charge is 2.38. The lowest BCUT2D eigenvalue weighted by Crippen LogP contribution is -2.29. The summed E-state index contributed by atoms with van der Waals surface area (Å²) in [5.41, 5.74) is 0.445. The van der Waals surface area contributed by atoms with Crippen LogP contribution in [0.4, 0.5) is 0 Å². The summed E-state index contributed by atoms with van der Waals surface area (Å²) >= 11 is 1.62. The van der Waals surface area contributed by atoms with Gasteiger partial charge < -0.3 is 5.32 Å². The first-order chi connectivity index (χ1) is 10.6. The van der Waals surface area contributed by atoms with E-state index in [0.29, 0.717) is 25.8 Å². The summed E-state index contributed by atoms with van der Waals surface area (Å²) in [4.78, 5) is 18.5. The molecule has 0 aromatic carbocycles. The number of fused-ring (bicyclic) bond motifs is 1. The van der Waals surface area contributed by atoms with Crippen LogP contribution in [0.1, 0.15) is 29.8 Å². The molecule has 3 rings (SSSR count). The van der Waals surface area contributed by atoms with E-state index in [1.807, 2.05) is 23.7 Å². The van der Waals surface area contributed by atoms with Crippen LogP contribution < -0.4 is 5.32 Å². The molecule has 114 valence electrons. The first-order valence-electron chi connectivity index (χ1n) is 7.18. The van der Waals surface area contributed by atoms with Gasteiger partial charge in [-0.3, -0.25) is 9.20 Å². The molecule has 0 fully saturated rings. The van der Waals surface area contributed by atoms with Gasteiger partial charge in [-0.25, -0.2) is 4.98 Å². The number of terminal acetylenes is 1. The van der Waals surface area contributed by atoms with Crippen LogP contribution in [0, 0.1) is 19.3 Å². The van der Waals surface area contributed by atoms with E-state index in [2.05, 4.69) is 26.4 Å². The molecule has 6 nitrogen and oxygen atoms in total. The van der Waals surface area contributed by atoms with Crippen LogP contribution in [0.2, 0.25) is 0 Å². The molecule has 1 N–H and O–H groups in total. The first kappa shape index (κ1) is 14.7. The Morgan fingerprint density at radius 2 is 2.27 bits per heavy atom. The summed E-state index contributed by atoms with van der Waals surface area (Å²) in [6, 6.07) is 0. The summed E-state index contributed by atoms with van der Waals surface area (Å²) in [6.07, 6.45) is 11.6. The molecule has 0 radical (unpaired) electrons. The molecule has 0 saturated heterocycles. The molecule has 22 heavy (non-hydrogen) atoms. The monoisotopic (exact) mass is 315 g/mol. The smallest absolute Gasteiger partial charge is 0.226 e. The summed E-state index contributed by atoms with van der Waals surface area (Å²) in [5, 5.41) is 11.0. The SMILES string of the molecule is C#CCCC1(CCNC(=O)Cc2cn3cc(C)sc3n2)N=N1. The molecule has 0 atom stereocenters. The quantitative estimate of drug-likeness (QED) is 0.797. The van der Waals surface area contributed by atoms with Crippen molar-refractivity contribution in [3.8, 4) is 12.3 Å². The minimum Gasteiger partial charge on any atom is -0.356 e. The zero-order valence-electron chi connectivity index (χ0n) is 12.4. The highest BCUT2D eigenvalue weighted by Crippen LogP contribution is 2.35. The van der Waals surface area contributed by atoms with Gasteiger partial charge in [0.05, 0.1) is 12.1 Å². The fourth-order valence-electron chi connectivity index (χ4n) is 2.34. The molecule has 2 aromatic heterocycles. The lowest BCUT2D eigenvalue weighted by Gasteiger charge is -2.09. The average Bonchev–Trinajstić information content (AvgIpc) is 3.02. The normalized spacial score (nSPS) is 14.9. The van der Waals surface area contributed by atoms with Gasteiger partial charge in [0.15, 0.2) is 10.6 Å². The second-order valence-electron chi connectivity index (χ2n) is 5.43. The zero-order valence-corrected chi connectivity index (χ0v) is 13.2. The predicted molar refractivity (Wildman–Crippen MR) is 84.8 cm³/mol. The average molecular weight is 315 g/mol. The molecule has 1 aliphatic heterocycles. The van der Waals surface area contributed by atoms with E-state index in [1.54, 1.807) is 11.3 Å². The molecule has 0 aliphatic carbocycles. The van der Waals surface area contributed by atoms with E-state index in [4.69, 9.17) is 6.42 Å². The molecular formula is C15H17N5OS. The fraction of sp³-hybridized carbons (Fsp3) is 0.467. The minimum absolute atomic E-state index is 0.0322. The number of rotatable bonds is 7. The molecule has 2 aromatic rings. The van der Waals surface area contributed by atoms with E-state index in [1.165, 1.54) is 4.88 Å². The van der Waals surface area contributed by atoms with Crippen molar-refractivity contribution < 1.29 is 4.79 Å². The molecule has 0 unspecified atom stereocenters. The van der Waals surface area contributed by atoms with Crippen molar-refractivity contribution >= 4 is 22.2 Å². The summed E-state index contributed by atoms with van der Waals surface area (Å²) in [6.45, 7) is 2.59. The minimum atomic E-state index is -0.339. The Morgan fingerprint density at radius 1 is 1.45 bits per heavy atom. The van der Waals surface area contributed by atoms with Crippen LogP contribution in [-0.4, -0.2) is 27.5 Å². The first-order valence-corrected chi connectivity index (χ1v) is 8.00. The highest BCUT2D eigenvalue weighted by atomic mass is 32.1. The Labute approximate surface area is 132 Å². The lowest BCUT2D eigenvalue weighted by molar-refractivity contribution is -0.120. The summed E-state index contributed by atoms with van der Waals surface area (Å²) in [5.74, 6) is 2.56. The largest absolute Gasteiger partial charge is 0.356 e. The van der Waals surface area contributed by atoms with Crippen LogP contribution in [0.3, 0.4) is 0 Å². The van der Waals surface area contributed by atoms with Crippen molar-refractivity contribution in [3.05, 3.63) is 23.0 Å². The topological polar surface area (TPSA) is 71.1 Å². The third-order valence-electron chi connectivity index (χ3n) is 3.56. The number of nitrogens with one attached hydrogen (secondary N) is 1. The van der Waals surface area contributed by atoms with Crippen LogP contribution >= 0.6 is 11.3 Å². The molecule has 0 saturated carbocycles. The maximum absolute atomic E-state index is 11.9. The van der Waals surface area contributed by atoms with Gasteiger partial charge in [-0.1, -0.05) is 0 Å². The number of thiazole rings is 1. The number of amides is 1. The third kappa shape index (κ3) is 3.34. The van der Waals surface area contributed by atoms with Gasteiger partial charge in [0.25, 0.3) is 0 Å². The fourth-order valence-corrected chi connectivity index (χ4v) is 3.17. The van der Waals surface area contributed by atoms with E-state index >= 15 is 0 Å². The molecule has 1 amide bonds. The standard InChI is InChI=1S/C15H17N5OS/c1-3-4-5-15(18-19-15)6-7-16-13(21)8-12-10-20-9-11(2)22-14(20)17-12/h1,9-10H,4-8H2,2H3,(H,16,21). The number of carbonyl (C=O) groups excluding carboxylic acids is 1. The van der Waals surface area contributed by atoms with Gasteiger partial charge in [0.1, 0.15) is 0 Å². The molecule has 1 aliphatic rings. The van der Waals surface area contributed by atoms with Crippen LogP contribution in [0.15, 0.2) is 22.6 Å². The summed E-state index contributed by atoms with van der Waals surface area (Å²) in [7, 11) is 0. The number of aryl methyl sites for hydroxylation is 1. The van der Waals surface area contributed by atoms with Gasteiger partial charge in [0, 0.05) is 43.1 Å². The Bertz CT molecular complexity index is 729. The van der Waals surface area contributed by atoms with Crippen molar-refractivity contribution in [2.75, 3.05) is 6.54 Å². The number of nitrogens with zero attached hydrogens (tertiary/aromatic N) is 4. The van der Waals surface area contributed by atoms with E-state index < -0.39 is 0 Å². The van der Waals surface area contributed by atoms with Gasteiger partial charge in [-0.05, 0) is 6.92 Å². The number of carbonyl (C=O) groups is 1. The zero-order chi connectivity index (χ0) is 15.6. The summed E-state index contributed by atoms with van der Waals surface area (Å²) < 4.78 is 1.96. The Morgan fingerprint density at radius 3 is 2.95 bits per heavy atom. The highest BCUT2D eigenvalue weighted by molar-refractivity contribution is 7.16. The molecule has 7 heteroatoms. The number of hydrogen-bond acceptors (Lipinski definition) is 5. The van der Waals surface area contributed by atoms with Gasteiger partial charge in [-0.15, -0.1) is 23.7 Å². The van der Waals surface area contributed by atoms with Gasteiger partial charge in [0.2, 0.25) is 5.91 Å². The van der Waals surface area contributed by atoms with Crippen LogP contribution in [-0.2, 0) is 11.2 Å². The second kappa shape index (κ2) is 5.89. The number of imidazole rings is 1. The molecule has 0 spiro atoms. The van der Waals surface area contributed by atoms with Crippen molar-refractivity contribution in [2.45, 2.75) is 38.3 Å². The Kier molecular flexibility index (Phi) is 3.94. The van der Waals surface area contributed by atoms with Crippen molar-refractivity contribution in [1.82, 2.24) is 14.7 Å². The van der Waals surface area contributed by atoms with E-state index in [0.717, 1.165) is 17.1 Å². The van der Waals surface area contributed by atoms with Crippen LogP contribution in [0.5, 0.6) is 0 Å². The predicted octanol–water partition coefficient (Wildman–Crippen LogP) is 2.33. The second-order valence-corrected chi connectivity index (χ2v) is 6.64. The van der Waals surface area contributed by atoms with Gasteiger partial charge in [-0.2, -0.15) is 10.2 Å². The van der Waals surface area contributed by atoms with Crippen molar-refractivity contribution in [3.63, 3.8) is 0 Å². The van der Waals surface area contributed by atoms with E-state index in [9.17, 15) is 4.79 Å². The van der Waals surface area contributed by atoms with Gasteiger partial charge >= 0.3 is 0 Å². The van der Waals surface area contributed by atoms with Crippen LogP contribution in [0.25, 0.3) is 4.96 Å². The maximum atomic E-state index is 11.9. The Balaban J connectivity index is 1.44.